The molecule has 0 radical (unpaired) electrons. The minimum atomic E-state index is -0.256. The zero-order chi connectivity index (χ0) is 30.1. The van der Waals surface area contributed by atoms with E-state index in [9.17, 15) is 4.79 Å². The molecule has 0 unspecified atom stereocenters. The van der Waals surface area contributed by atoms with Crippen molar-refractivity contribution in [3.63, 3.8) is 0 Å². The highest BCUT2D eigenvalue weighted by atomic mass is 16.3. The van der Waals surface area contributed by atoms with Gasteiger partial charge in [0.25, 0.3) is 5.91 Å². The van der Waals surface area contributed by atoms with Gasteiger partial charge in [0.15, 0.2) is 5.76 Å². The maximum atomic E-state index is 12.7. The SMILES string of the molecule is N#Cc1ccc(Cn2cncc2CN(CC2CCCCC2)c2ccc(-c3ccc(C(=O)NCc4cccnc4)o3)cc2)cc1. The molecule has 0 bridgehead atoms. The summed E-state index contributed by atoms with van der Waals surface area (Å²) in [6.07, 6.45) is 13.7. The van der Waals surface area contributed by atoms with Gasteiger partial charge in [-0.05, 0) is 84.5 Å². The average Bonchev–Trinajstić information content (AvgIpc) is 3.75. The van der Waals surface area contributed by atoms with Gasteiger partial charge >= 0.3 is 0 Å². The molecule has 8 heteroatoms. The van der Waals surface area contributed by atoms with Crippen molar-refractivity contribution >= 4 is 11.6 Å². The summed E-state index contributed by atoms with van der Waals surface area (Å²) in [5.41, 5.74) is 5.93. The maximum Gasteiger partial charge on any atom is 0.287 e. The highest BCUT2D eigenvalue weighted by Crippen LogP contribution is 2.30. The molecule has 0 saturated heterocycles. The predicted molar refractivity (Wildman–Crippen MR) is 170 cm³/mol. The standard InChI is InChI=1S/C36H36N6O2/c37-19-27-8-10-29(11-9-27)24-42-26-39-22-33(42)25-41(23-28-5-2-1-3-6-28)32-14-12-31(13-15-32)34-16-17-35(44-34)36(43)40-21-30-7-4-18-38-20-30/h4,7-18,20,22,26,28H,1-3,5-6,21,23-25H2,(H,40,43). The van der Waals surface area contributed by atoms with Crippen LogP contribution in [0.4, 0.5) is 5.69 Å². The molecule has 2 aromatic carbocycles. The smallest absolute Gasteiger partial charge is 0.287 e. The molecule has 222 valence electrons. The fourth-order valence-corrected chi connectivity index (χ4v) is 5.87. The van der Waals surface area contributed by atoms with Crippen LogP contribution in [-0.4, -0.2) is 27.0 Å². The number of nitriles is 1. The van der Waals surface area contributed by atoms with Crippen molar-refractivity contribution in [2.45, 2.75) is 51.7 Å². The van der Waals surface area contributed by atoms with Crippen LogP contribution >= 0.6 is 0 Å². The van der Waals surface area contributed by atoms with Gasteiger partial charge < -0.3 is 19.2 Å². The first-order chi connectivity index (χ1) is 21.6. The fourth-order valence-electron chi connectivity index (χ4n) is 5.87. The van der Waals surface area contributed by atoms with Gasteiger partial charge in [-0.1, -0.05) is 37.5 Å². The van der Waals surface area contributed by atoms with E-state index in [4.69, 9.17) is 9.68 Å². The Balaban J connectivity index is 1.16. The third-order valence-corrected chi connectivity index (χ3v) is 8.31. The number of pyridine rings is 1. The zero-order valence-corrected chi connectivity index (χ0v) is 24.7. The molecule has 1 N–H and O–H groups in total. The monoisotopic (exact) mass is 584 g/mol. The van der Waals surface area contributed by atoms with Gasteiger partial charge in [-0.15, -0.1) is 0 Å². The Morgan fingerprint density at radius 3 is 2.52 bits per heavy atom. The number of benzene rings is 2. The number of hydrogen-bond acceptors (Lipinski definition) is 6. The van der Waals surface area contributed by atoms with E-state index in [0.717, 1.165) is 41.2 Å². The lowest BCUT2D eigenvalue weighted by Gasteiger charge is -2.31. The lowest BCUT2D eigenvalue weighted by molar-refractivity contribution is 0.0924. The fraction of sp³-hybridized carbons (Fsp3) is 0.278. The van der Waals surface area contributed by atoms with E-state index in [1.807, 2.05) is 55.0 Å². The second-order valence-electron chi connectivity index (χ2n) is 11.5. The Hall–Kier alpha value is -5.16. The van der Waals surface area contributed by atoms with Crippen LogP contribution in [-0.2, 0) is 19.6 Å². The lowest BCUT2D eigenvalue weighted by atomic mass is 9.89. The highest BCUT2D eigenvalue weighted by molar-refractivity contribution is 5.92. The maximum absolute atomic E-state index is 12.7. The Morgan fingerprint density at radius 1 is 0.955 bits per heavy atom. The highest BCUT2D eigenvalue weighted by Gasteiger charge is 2.20. The summed E-state index contributed by atoms with van der Waals surface area (Å²) in [4.78, 5) is 23.7. The molecule has 0 atom stereocenters. The summed E-state index contributed by atoms with van der Waals surface area (Å²) >= 11 is 0. The van der Waals surface area contributed by atoms with Crippen molar-refractivity contribution in [3.05, 3.63) is 126 Å². The summed E-state index contributed by atoms with van der Waals surface area (Å²) in [5, 5.41) is 12.0. The quantitative estimate of drug-likeness (QED) is 0.180. The van der Waals surface area contributed by atoms with Crippen molar-refractivity contribution < 1.29 is 9.21 Å². The van der Waals surface area contributed by atoms with Crippen molar-refractivity contribution in [2.75, 3.05) is 11.4 Å². The number of nitrogens with zero attached hydrogens (tertiary/aromatic N) is 5. The lowest BCUT2D eigenvalue weighted by Crippen LogP contribution is -2.31. The molecule has 3 aromatic heterocycles. The third-order valence-electron chi connectivity index (χ3n) is 8.31. The van der Waals surface area contributed by atoms with Crippen LogP contribution in [0.1, 0.15) is 65.0 Å². The Bertz CT molecular complexity index is 1690. The van der Waals surface area contributed by atoms with Crippen molar-refractivity contribution in [3.8, 4) is 17.4 Å². The number of furan rings is 1. The van der Waals surface area contributed by atoms with Crippen molar-refractivity contribution in [1.82, 2.24) is 19.9 Å². The number of imidazole rings is 1. The minimum absolute atomic E-state index is 0.256. The van der Waals surface area contributed by atoms with E-state index >= 15 is 0 Å². The van der Waals surface area contributed by atoms with E-state index in [1.54, 1.807) is 18.5 Å². The van der Waals surface area contributed by atoms with Gasteiger partial charge in [0, 0.05) is 49.5 Å². The first-order valence-electron chi connectivity index (χ1n) is 15.2. The van der Waals surface area contributed by atoms with Gasteiger partial charge in [-0.2, -0.15) is 5.26 Å². The summed E-state index contributed by atoms with van der Waals surface area (Å²) in [6, 6.07) is 25.7. The van der Waals surface area contributed by atoms with E-state index < -0.39 is 0 Å². The second kappa shape index (κ2) is 13.9. The number of amides is 1. The predicted octanol–water partition coefficient (Wildman–Crippen LogP) is 6.97. The van der Waals surface area contributed by atoms with Crippen LogP contribution < -0.4 is 10.2 Å². The van der Waals surface area contributed by atoms with Crippen LogP contribution in [0, 0.1) is 17.2 Å². The first-order valence-corrected chi connectivity index (χ1v) is 15.2. The van der Waals surface area contributed by atoms with Gasteiger partial charge in [-0.25, -0.2) is 4.98 Å². The topological polar surface area (TPSA) is 100.0 Å². The van der Waals surface area contributed by atoms with Crippen LogP contribution in [0.25, 0.3) is 11.3 Å². The summed E-state index contributed by atoms with van der Waals surface area (Å²) in [7, 11) is 0. The number of carbonyl (C=O) groups excluding carboxylic acids is 1. The summed E-state index contributed by atoms with van der Waals surface area (Å²) in [5.74, 6) is 1.34. The molecule has 1 amide bonds. The van der Waals surface area contributed by atoms with Crippen LogP contribution in [0.2, 0.25) is 0 Å². The molecular formula is C36H36N6O2. The zero-order valence-electron chi connectivity index (χ0n) is 24.7. The molecule has 1 fully saturated rings. The molecule has 0 spiro atoms. The van der Waals surface area contributed by atoms with Crippen LogP contribution in [0.5, 0.6) is 0 Å². The van der Waals surface area contributed by atoms with Crippen LogP contribution in [0.15, 0.2) is 102 Å². The van der Waals surface area contributed by atoms with E-state index in [1.165, 1.54) is 32.1 Å². The summed E-state index contributed by atoms with van der Waals surface area (Å²) < 4.78 is 8.13. The van der Waals surface area contributed by atoms with Crippen molar-refractivity contribution in [1.29, 1.82) is 5.26 Å². The first kappa shape index (κ1) is 28.9. The molecule has 1 aliphatic carbocycles. The number of nitrogens with one attached hydrogen (secondary N) is 1. The molecular weight excluding hydrogens is 548 g/mol. The largest absolute Gasteiger partial charge is 0.451 e. The normalized spacial score (nSPS) is 13.3. The molecule has 1 aliphatic rings. The average molecular weight is 585 g/mol. The Kier molecular flexibility index (Phi) is 9.12. The second-order valence-corrected chi connectivity index (χ2v) is 11.5. The number of aromatic nitrogens is 3. The van der Waals surface area contributed by atoms with Crippen LogP contribution in [0.3, 0.4) is 0 Å². The molecule has 8 nitrogen and oxygen atoms in total. The number of hydrogen-bond donors (Lipinski definition) is 1. The molecule has 3 heterocycles. The van der Waals surface area contributed by atoms with Gasteiger partial charge in [0.2, 0.25) is 0 Å². The number of anilines is 1. The van der Waals surface area contributed by atoms with E-state index in [2.05, 4.69) is 55.1 Å². The van der Waals surface area contributed by atoms with Gasteiger partial charge in [-0.3, -0.25) is 9.78 Å². The third kappa shape index (κ3) is 7.24. The Labute approximate surface area is 258 Å². The van der Waals surface area contributed by atoms with Gasteiger partial charge in [0.1, 0.15) is 5.76 Å². The molecule has 0 aliphatic heterocycles. The molecule has 6 rings (SSSR count). The molecule has 44 heavy (non-hydrogen) atoms. The van der Waals surface area contributed by atoms with Gasteiger partial charge in [0.05, 0.1) is 30.2 Å². The van der Waals surface area contributed by atoms with E-state index in [-0.39, 0.29) is 11.7 Å². The molecule has 1 saturated carbocycles. The van der Waals surface area contributed by atoms with E-state index in [0.29, 0.717) is 30.3 Å². The van der Waals surface area contributed by atoms with Crippen molar-refractivity contribution in [2.24, 2.45) is 5.92 Å². The summed E-state index contributed by atoms with van der Waals surface area (Å²) in [6.45, 7) is 2.83. The Morgan fingerprint density at radius 2 is 1.77 bits per heavy atom. The minimum Gasteiger partial charge on any atom is -0.451 e. The number of rotatable bonds is 11. The number of carbonyl (C=O) groups is 1. The molecule has 5 aromatic rings.